The smallest absolute Gasteiger partial charge is 0.266 e. The fraction of sp³-hybridized carbons (Fsp3) is 0.133. The van der Waals surface area contributed by atoms with Gasteiger partial charge >= 0.3 is 0 Å². The normalized spacial score (nSPS) is 11.0. The first-order valence-electron chi connectivity index (χ1n) is 11.9. The van der Waals surface area contributed by atoms with Crippen molar-refractivity contribution in [3.8, 4) is 5.75 Å². The van der Waals surface area contributed by atoms with Crippen LogP contribution in [0.25, 0.3) is 0 Å². The number of nitrogens with zero attached hydrogens (tertiary/aromatic N) is 1. The number of anilines is 2. The molecule has 7 nitrogen and oxygen atoms in total. The van der Waals surface area contributed by atoms with Crippen molar-refractivity contribution in [2.45, 2.75) is 25.3 Å². The Morgan fingerprint density at radius 1 is 0.868 bits per heavy atom. The van der Waals surface area contributed by atoms with Gasteiger partial charge in [0.2, 0.25) is 5.91 Å². The molecule has 0 aliphatic heterocycles. The van der Waals surface area contributed by atoms with Crippen molar-refractivity contribution in [2.24, 2.45) is 0 Å². The lowest BCUT2D eigenvalue weighted by molar-refractivity contribution is -0.114. The summed E-state index contributed by atoms with van der Waals surface area (Å²) in [5, 5.41) is 2.61. The summed E-state index contributed by atoms with van der Waals surface area (Å²) in [7, 11) is -2.72. The van der Waals surface area contributed by atoms with Gasteiger partial charge in [-0.15, -0.1) is 0 Å². The fourth-order valence-corrected chi connectivity index (χ4v) is 5.72. The Hall–Kier alpha value is -4.43. The largest absolute Gasteiger partial charge is 0.497 e. The Morgan fingerprint density at radius 3 is 2.18 bits per heavy atom. The molecule has 0 fully saturated rings. The van der Waals surface area contributed by atoms with Gasteiger partial charge < -0.3 is 10.1 Å². The zero-order chi connectivity index (χ0) is 27.3. The van der Waals surface area contributed by atoms with Gasteiger partial charge in [-0.05, 0) is 66.6 Å². The SMILES string of the molecule is COc1ccc(C(=O)c2cccc(S(=O)(=O)N(Cc3ccccc3)c3cccc(C)c3)c2NC(C)=O)cc1. The molecule has 0 aromatic heterocycles. The van der Waals surface area contributed by atoms with Crippen LogP contribution in [0.5, 0.6) is 5.75 Å². The van der Waals surface area contributed by atoms with E-state index in [1.807, 2.05) is 43.3 Å². The minimum absolute atomic E-state index is 0.0583. The van der Waals surface area contributed by atoms with Crippen LogP contribution in [0.4, 0.5) is 11.4 Å². The number of ketones is 1. The van der Waals surface area contributed by atoms with Crippen LogP contribution in [0, 0.1) is 6.92 Å². The van der Waals surface area contributed by atoms with Gasteiger partial charge in [0.25, 0.3) is 10.0 Å². The van der Waals surface area contributed by atoms with Crippen LogP contribution >= 0.6 is 0 Å². The minimum Gasteiger partial charge on any atom is -0.497 e. The second-order valence-corrected chi connectivity index (χ2v) is 10.6. The van der Waals surface area contributed by atoms with Crippen molar-refractivity contribution >= 4 is 33.1 Å². The molecule has 0 aliphatic rings. The average molecular weight is 529 g/mol. The summed E-state index contributed by atoms with van der Waals surface area (Å²) in [6.07, 6.45) is 0. The summed E-state index contributed by atoms with van der Waals surface area (Å²) in [5.74, 6) is -0.352. The van der Waals surface area contributed by atoms with Gasteiger partial charge in [-0.25, -0.2) is 8.42 Å². The number of hydrogen-bond donors (Lipinski definition) is 1. The van der Waals surface area contributed by atoms with E-state index in [0.717, 1.165) is 11.1 Å². The van der Waals surface area contributed by atoms with Gasteiger partial charge in [-0.3, -0.25) is 13.9 Å². The summed E-state index contributed by atoms with van der Waals surface area (Å²) in [4.78, 5) is 25.5. The molecule has 4 aromatic rings. The summed E-state index contributed by atoms with van der Waals surface area (Å²) in [5.41, 5.74) is 2.47. The standard InChI is InChI=1S/C30H28N2O5S/c1-21-9-7-12-25(19-21)32(20-23-10-5-4-6-11-23)38(35,36)28-14-8-13-27(29(28)31-22(2)33)30(34)24-15-17-26(37-3)18-16-24/h4-19H,20H2,1-3H3,(H,31,33). The monoisotopic (exact) mass is 528 g/mol. The first-order chi connectivity index (χ1) is 18.2. The highest BCUT2D eigenvalue weighted by molar-refractivity contribution is 7.93. The van der Waals surface area contributed by atoms with Crippen molar-refractivity contribution < 1.29 is 22.7 Å². The lowest BCUT2D eigenvalue weighted by atomic mass is 10.0. The number of nitrogens with one attached hydrogen (secondary N) is 1. The van der Waals surface area contributed by atoms with E-state index in [1.165, 1.54) is 36.5 Å². The number of carbonyl (C=O) groups is 2. The van der Waals surface area contributed by atoms with Crippen molar-refractivity contribution in [2.75, 3.05) is 16.7 Å². The molecule has 0 heterocycles. The van der Waals surface area contributed by atoms with Gasteiger partial charge in [-0.1, -0.05) is 48.5 Å². The molecule has 38 heavy (non-hydrogen) atoms. The van der Waals surface area contributed by atoms with Gasteiger partial charge in [0.15, 0.2) is 5.78 Å². The Morgan fingerprint density at radius 2 is 1.55 bits per heavy atom. The third-order valence-electron chi connectivity index (χ3n) is 5.95. The second-order valence-electron chi connectivity index (χ2n) is 8.75. The lowest BCUT2D eigenvalue weighted by Gasteiger charge is -2.27. The van der Waals surface area contributed by atoms with Crippen LogP contribution in [0.2, 0.25) is 0 Å². The minimum atomic E-state index is -4.25. The molecule has 1 amide bonds. The number of rotatable bonds is 9. The van der Waals surface area contributed by atoms with Gasteiger partial charge in [-0.2, -0.15) is 0 Å². The molecule has 8 heteroatoms. The maximum atomic E-state index is 14.3. The molecular weight excluding hydrogens is 500 g/mol. The van der Waals surface area contributed by atoms with Crippen LogP contribution < -0.4 is 14.4 Å². The predicted octanol–water partition coefficient (Wildman–Crippen LogP) is 5.59. The molecule has 0 unspecified atom stereocenters. The topological polar surface area (TPSA) is 92.8 Å². The van der Waals surface area contributed by atoms with E-state index >= 15 is 0 Å². The van der Waals surface area contributed by atoms with Crippen LogP contribution in [-0.2, 0) is 21.4 Å². The van der Waals surface area contributed by atoms with Crippen LogP contribution in [-0.4, -0.2) is 27.2 Å². The molecule has 194 valence electrons. The highest BCUT2D eigenvalue weighted by Gasteiger charge is 2.31. The number of ether oxygens (including phenoxy) is 1. The number of amides is 1. The Labute approximate surface area is 222 Å². The molecule has 0 aliphatic carbocycles. The molecule has 1 N–H and O–H groups in total. The van der Waals surface area contributed by atoms with Crippen LogP contribution in [0.15, 0.2) is 102 Å². The molecule has 0 saturated carbocycles. The highest BCUT2D eigenvalue weighted by atomic mass is 32.2. The molecule has 0 bridgehead atoms. The van der Waals surface area contributed by atoms with Gasteiger partial charge in [0, 0.05) is 18.1 Å². The van der Waals surface area contributed by atoms with E-state index in [4.69, 9.17) is 4.74 Å². The Balaban J connectivity index is 1.88. The molecule has 0 atom stereocenters. The fourth-order valence-electron chi connectivity index (χ4n) is 4.10. The Kier molecular flexibility index (Phi) is 7.93. The molecule has 0 radical (unpaired) electrons. The number of aryl methyl sites for hydroxylation is 1. The molecule has 0 spiro atoms. The van der Waals surface area contributed by atoms with E-state index in [0.29, 0.717) is 17.0 Å². The zero-order valence-electron chi connectivity index (χ0n) is 21.3. The summed E-state index contributed by atoms with van der Waals surface area (Å²) in [6, 6.07) is 27.3. The molecule has 4 aromatic carbocycles. The van der Waals surface area contributed by atoms with Crippen molar-refractivity contribution in [3.63, 3.8) is 0 Å². The number of benzene rings is 4. The van der Waals surface area contributed by atoms with E-state index in [9.17, 15) is 18.0 Å². The van der Waals surface area contributed by atoms with E-state index < -0.39 is 21.7 Å². The number of para-hydroxylation sites is 1. The molecule has 0 saturated heterocycles. The summed E-state index contributed by atoms with van der Waals surface area (Å²) in [6.45, 7) is 3.21. The maximum absolute atomic E-state index is 14.3. The highest BCUT2D eigenvalue weighted by Crippen LogP contribution is 2.34. The van der Waals surface area contributed by atoms with E-state index in [-0.39, 0.29) is 22.7 Å². The zero-order valence-corrected chi connectivity index (χ0v) is 22.2. The third-order valence-corrected chi connectivity index (χ3v) is 7.77. The first kappa shape index (κ1) is 26.6. The summed E-state index contributed by atoms with van der Waals surface area (Å²) >= 11 is 0. The Bertz CT molecular complexity index is 1570. The van der Waals surface area contributed by atoms with Crippen LogP contribution in [0.3, 0.4) is 0 Å². The quantitative estimate of drug-likeness (QED) is 0.286. The van der Waals surface area contributed by atoms with Crippen molar-refractivity contribution in [1.29, 1.82) is 0 Å². The third kappa shape index (κ3) is 5.76. The van der Waals surface area contributed by atoms with E-state index in [1.54, 1.807) is 42.5 Å². The predicted molar refractivity (Wildman–Crippen MR) is 148 cm³/mol. The summed E-state index contributed by atoms with van der Waals surface area (Å²) < 4.78 is 35.0. The average Bonchev–Trinajstić information content (AvgIpc) is 2.91. The number of hydrogen-bond acceptors (Lipinski definition) is 5. The van der Waals surface area contributed by atoms with Gasteiger partial charge in [0.1, 0.15) is 10.6 Å². The number of sulfonamides is 1. The van der Waals surface area contributed by atoms with Crippen LogP contribution in [0.1, 0.15) is 34.0 Å². The van der Waals surface area contributed by atoms with Gasteiger partial charge in [0.05, 0.1) is 25.0 Å². The number of methoxy groups -OCH3 is 1. The molecule has 4 rings (SSSR count). The molecular formula is C30H28N2O5S. The van der Waals surface area contributed by atoms with Crippen molar-refractivity contribution in [3.05, 3.63) is 119 Å². The van der Waals surface area contributed by atoms with Crippen molar-refractivity contribution in [1.82, 2.24) is 0 Å². The number of carbonyl (C=O) groups excluding carboxylic acids is 2. The second kappa shape index (κ2) is 11.3. The lowest BCUT2D eigenvalue weighted by Crippen LogP contribution is -2.32. The first-order valence-corrected chi connectivity index (χ1v) is 13.4. The van der Waals surface area contributed by atoms with E-state index in [2.05, 4.69) is 5.32 Å². The maximum Gasteiger partial charge on any atom is 0.266 e.